The Morgan fingerprint density at radius 1 is 1.12 bits per heavy atom. The zero-order valence-corrected chi connectivity index (χ0v) is 21.3. The highest BCUT2D eigenvalue weighted by molar-refractivity contribution is 6.31. The van der Waals surface area contributed by atoms with Crippen LogP contribution in [-0.4, -0.2) is 35.9 Å². The Bertz CT molecular complexity index is 1000. The standard InChI is InChI=1S/C27H36ClN3O3/c1-27(2,3)16-25(32)30-20-11-14-22(28)19(15-20)17-31(24-8-6-5-7-23(24)29)26(33)18-9-12-21(34-4)13-10-18/h9-15,23-24H,5-8,16-17,29H2,1-4H3,(H,30,32). The number of methoxy groups -OCH3 is 1. The van der Waals surface area contributed by atoms with Crippen LogP contribution in [-0.2, 0) is 11.3 Å². The number of rotatable bonds is 7. The number of hydrogen-bond acceptors (Lipinski definition) is 4. The highest BCUT2D eigenvalue weighted by atomic mass is 35.5. The van der Waals surface area contributed by atoms with Gasteiger partial charge in [-0.2, -0.15) is 0 Å². The van der Waals surface area contributed by atoms with Crippen LogP contribution < -0.4 is 15.8 Å². The van der Waals surface area contributed by atoms with Crippen LogP contribution in [0.15, 0.2) is 42.5 Å². The van der Waals surface area contributed by atoms with Crippen LogP contribution in [0.25, 0.3) is 0 Å². The van der Waals surface area contributed by atoms with E-state index in [4.69, 9.17) is 22.1 Å². The Labute approximate surface area is 207 Å². The highest BCUT2D eigenvalue weighted by Gasteiger charge is 2.32. The molecule has 2 amide bonds. The van der Waals surface area contributed by atoms with E-state index in [1.807, 2.05) is 31.7 Å². The number of amides is 2. The van der Waals surface area contributed by atoms with Crippen molar-refractivity contribution in [3.8, 4) is 5.75 Å². The van der Waals surface area contributed by atoms with Crippen LogP contribution in [0.4, 0.5) is 5.69 Å². The number of nitrogens with one attached hydrogen (secondary N) is 1. The molecular weight excluding hydrogens is 450 g/mol. The fourth-order valence-corrected chi connectivity index (χ4v) is 4.59. The van der Waals surface area contributed by atoms with Crippen molar-refractivity contribution >= 4 is 29.1 Å². The lowest BCUT2D eigenvalue weighted by atomic mass is 9.89. The lowest BCUT2D eigenvalue weighted by Crippen LogP contribution is -2.51. The van der Waals surface area contributed by atoms with Crippen molar-refractivity contribution in [2.24, 2.45) is 11.1 Å². The van der Waals surface area contributed by atoms with Crippen molar-refractivity contribution < 1.29 is 14.3 Å². The third kappa shape index (κ3) is 6.97. The summed E-state index contributed by atoms with van der Waals surface area (Å²) < 4.78 is 5.23. The second kappa shape index (κ2) is 11.2. The molecule has 3 rings (SSSR count). The summed E-state index contributed by atoms with van der Waals surface area (Å²) in [5, 5.41) is 3.51. The van der Waals surface area contributed by atoms with Crippen molar-refractivity contribution in [3.05, 3.63) is 58.6 Å². The summed E-state index contributed by atoms with van der Waals surface area (Å²) in [7, 11) is 1.60. The number of benzene rings is 2. The first-order valence-corrected chi connectivity index (χ1v) is 12.2. The SMILES string of the molecule is COc1ccc(C(=O)N(Cc2cc(NC(=O)CC(C)(C)C)ccc2Cl)C2CCCCC2N)cc1. The molecule has 0 spiro atoms. The van der Waals surface area contributed by atoms with E-state index in [0.29, 0.717) is 35.0 Å². The maximum absolute atomic E-state index is 13.6. The monoisotopic (exact) mass is 485 g/mol. The number of anilines is 1. The highest BCUT2D eigenvalue weighted by Crippen LogP contribution is 2.29. The molecule has 2 unspecified atom stereocenters. The van der Waals surface area contributed by atoms with E-state index in [-0.39, 0.29) is 29.3 Å². The lowest BCUT2D eigenvalue weighted by molar-refractivity contribution is -0.117. The molecule has 6 nitrogen and oxygen atoms in total. The predicted molar refractivity (Wildman–Crippen MR) is 137 cm³/mol. The Kier molecular flexibility index (Phi) is 8.61. The Hall–Kier alpha value is -2.57. The van der Waals surface area contributed by atoms with Gasteiger partial charge >= 0.3 is 0 Å². The second-order valence-corrected chi connectivity index (χ2v) is 10.7. The van der Waals surface area contributed by atoms with E-state index >= 15 is 0 Å². The molecule has 3 N–H and O–H groups in total. The van der Waals surface area contributed by atoms with Crippen molar-refractivity contribution in [1.82, 2.24) is 4.90 Å². The van der Waals surface area contributed by atoms with Crippen LogP contribution in [0.3, 0.4) is 0 Å². The fraction of sp³-hybridized carbons (Fsp3) is 0.481. The molecule has 2 atom stereocenters. The van der Waals surface area contributed by atoms with Crippen LogP contribution in [0, 0.1) is 5.41 Å². The van der Waals surface area contributed by atoms with E-state index in [0.717, 1.165) is 31.2 Å². The first-order chi connectivity index (χ1) is 16.1. The van der Waals surface area contributed by atoms with Crippen molar-refractivity contribution in [3.63, 3.8) is 0 Å². The number of carbonyl (C=O) groups is 2. The van der Waals surface area contributed by atoms with Crippen LogP contribution >= 0.6 is 11.6 Å². The molecule has 2 aromatic carbocycles. The van der Waals surface area contributed by atoms with Gasteiger partial charge in [0.05, 0.1) is 7.11 Å². The quantitative estimate of drug-likeness (QED) is 0.531. The first kappa shape index (κ1) is 26.0. The summed E-state index contributed by atoms with van der Waals surface area (Å²) in [4.78, 5) is 27.9. The molecule has 0 radical (unpaired) electrons. The molecule has 0 aromatic heterocycles. The third-order valence-corrected chi connectivity index (χ3v) is 6.51. The molecule has 1 aliphatic carbocycles. The van der Waals surface area contributed by atoms with Gasteiger partial charge in [-0.25, -0.2) is 0 Å². The van der Waals surface area contributed by atoms with E-state index in [9.17, 15) is 9.59 Å². The molecule has 184 valence electrons. The van der Waals surface area contributed by atoms with E-state index in [1.165, 1.54) is 0 Å². The summed E-state index contributed by atoms with van der Waals surface area (Å²) in [5.74, 6) is 0.545. The zero-order valence-electron chi connectivity index (χ0n) is 20.6. The Morgan fingerprint density at radius 3 is 2.41 bits per heavy atom. The van der Waals surface area contributed by atoms with Crippen LogP contribution in [0.1, 0.15) is 68.8 Å². The fourth-order valence-electron chi connectivity index (χ4n) is 4.41. The largest absolute Gasteiger partial charge is 0.497 e. The minimum atomic E-state index is -0.113. The van der Waals surface area contributed by atoms with Gasteiger partial charge in [-0.05, 0) is 66.3 Å². The Balaban J connectivity index is 1.88. The number of hydrogen-bond donors (Lipinski definition) is 2. The first-order valence-electron chi connectivity index (χ1n) is 11.9. The molecule has 7 heteroatoms. The van der Waals surface area contributed by atoms with Gasteiger partial charge in [0.15, 0.2) is 0 Å². The summed E-state index contributed by atoms with van der Waals surface area (Å²) in [6, 6.07) is 12.3. The third-order valence-electron chi connectivity index (χ3n) is 6.14. The summed E-state index contributed by atoms with van der Waals surface area (Å²) in [6.45, 7) is 6.38. The molecule has 0 aliphatic heterocycles. The summed E-state index contributed by atoms with van der Waals surface area (Å²) in [5.41, 5.74) is 8.38. The number of carbonyl (C=O) groups excluding carboxylic acids is 2. The van der Waals surface area contributed by atoms with Gasteiger partial charge in [0.25, 0.3) is 5.91 Å². The normalized spacial score (nSPS) is 18.3. The van der Waals surface area contributed by atoms with E-state index in [1.54, 1.807) is 43.5 Å². The topological polar surface area (TPSA) is 84.7 Å². The number of nitrogens with two attached hydrogens (primary N) is 1. The van der Waals surface area contributed by atoms with Gasteiger partial charge in [-0.1, -0.05) is 45.2 Å². The van der Waals surface area contributed by atoms with Gasteiger partial charge < -0.3 is 20.7 Å². The number of halogens is 1. The Morgan fingerprint density at radius 2 is 1.79 bits per heavy atom. The van der Waals surface area contributed by atoms with Crippen LogP contribution in [0.5, 0.6) is 5.75 Å². The van der Waals surface area contributed by atoms with Gasteiger partial charge in [0, 0.05) is 41.3 Å². The minimum absolute atomic E-state index is 0.0544. The molecule has 0 saturated heterocycles. The van der Waals surface area contributed by atoms with Crippen molar-refractivity contribution in [1.29, 1.82) is 0 Å². The average Bonchev–Trinajstić information content (AvgIpc) is 2.78. The van der Waals surface area contributed by atoms with Gasteiger partial charge in [-0.15, -0.1) is 0 Å². The maximum Gasteiger partial charge on any atom is 0.254 e. The molecule has 2 aromatic rings. The van der Waals surface area contributed by atoms with Gasteiger partial charge in [0.1, 0.15) is 5.75 Å². The van der Waals surface area contributed by atoms with Crippen LogP contribution in [0.2, 0.25) is 5.02 Å². The predicted octanol–water partition coefficient (Wildman–Crippen LogP) is 5.64. The minimum Gasteiger partial charge on any atom is -0.497 e. The van der Waals surface area contributed by atoms with Gasteiger partial charge in [-0.3, -0.25) is 9.59 Å². The molecule has 1 fully saturated rings. The van der Waals surface area contributed by atoms with Gasteiger partial charge in [0.2, 0.25) is 5.91 Å². The van der Waals surface area contributed by atoms with E-state index in [2.05, 4.69) is 5.32 Å². The zero-order chi connectivity index (χ0) is 24.9. The van der Waals surface area contributed by atoms with Crippen molar-refractivity contribution in [2.45, 2.75) is 71.5 Å². The van der Waals surface area contributed by atoms with Crippen molar-refractivity contribution in [2.75, 3.05) is 12.4 Å². The second-order valence-electron chi connectivity index (χ2n) is 10.3. The molecular formula is C27H36ClN3O3. The molecule has 0 heterocycles. The number of ether oxygens (including phenoxy) is 1. The maximum atomic E-state index is 13.6. The summed E-state index contributed by atoms with van der Waals surface area (Å²) >= 11 is 6.55. The molecule has 1 saturated carbocycles. The summed E-state index contributed by atoms with van der Waals surface area (Å²) in [6.07, 6.45) is 4.24. The molecule has 1 aliphatic rings. The van der Waals surface area contributed by atoms with E-state index < -0.39 is 0 Å². The lowest BCUT2D eigenvalue weighted by Gasteiger charge is -2.38. The molecule has 0 bridgehead atoms. The smallest absolute Gasteiger partial charge is 0.254 e. The molecule has 34 heavy (non-hydrogen) atoms. The number of nitrogens with zero attached hydrogens (tertiary/aromatic N) is 1. The average molecular weight is 486 g/mol.